The summed E-state index contributed by atoms with van der Waals surface area (Å²) in [6.45, 7) is 0. The first-order valence-corrected chi connectivity index (χ1v) is 10.5. The maximum Gasteiger partial charge on any atom is 0.312 e. The number of fused-ring (bicyclic) bond motifs is 4. The van der Waals surface area contributed by atoms with Crippen molar-refractivity contribution in [3.05, 3.63) is 101 Å². The lowest BCUT2D eigenvalue weighted by atomic mass is 9.84. The van der Waals surface area contributed by atoms with Crippen molar-refractivity contribution in [3.8, 4) is 22.6 Å². The molecule has 0 saturated carbocycles. The van der Waals surface area contributed by atoms with Gasteiger partial charge in [0.05, 0.1) is 17.5 Å². The molecule has 0 spiro atoms. The number of rotatable bonds is 2. The first-order chi connectivity index (χ1) is 16.1. The summed E-state index contributed by atoms with van der Waals surface area (Å²) in [7, 11) is 0. The number of aromatic hydroxyl groups is 1. The van der Waals surface area contributed by atoms with Gasteiger partial charge in [-0.1, -0.05) is 42.5 Å². The summed E-state index contributed by atoms with van der Waals surface area (Å²) in [5, 5.41) is 11.7. The van der Waals surface area contributed by atoms with Crippen LogP contribution in [0.1, 0.15) is 23.5 Å². The maximum atomic E-state index is 13.4. The molecule has 0 amide bonds. The second-order valence-electron chi connectivity index (χ2n) is 8.04. The number of nitrogens with zero attached hydrogens (tertiary/aromatic N) is 1. The van der Waals surface area contributed by atoms with Crippen LogP contribution in [0.2, 0.25) is 0 Å². The summed E-state index contributed by atoms with van der Waals surface area (Å²) in [5.74, 6) is -0.907. The number of esters is 1. The average molecular weight is 435 g/mol. The van der Waals surface area contributed by atoms with E-state index in [1.807, 2.05) is 48.5 Å². The lowest BCUT2D eigenvalue weighted by Gasteiger charge is -2.26. The van der Waals surface area contributed by atoms with E-state index in [0.29, 0.717) is 16.7 Å². The number of carbonyl (C=O) groups is 1. The van der Waals surface area contributed by atoms with Gasteiger partial charge in [0.15, 0.2) is 0 Å². The molecule has 1 unspecified atom stereocenters. The Balaban J connectivity index is 1.61. The van der Waals surface area contributed by atoms with E-state index in [9.17, 15) is 14.7 Å². The van der Waals surface area contributed by atoms with Crippen molar-refractivity contribution in [2.45, 2.75) is 12.3 Å². The summed E-state index contributed by atoms with van der Waals surface area (Å²) in [6, 6.07) is 20.1. The van der Waals surface area contributed by atoms with Crippen LogP contribution in [0.3, 0.4) is 0 Å². The highest BCUT2D eigenvalue weighted by Crippen LogP contribution is 2.45. The minimum Gasteiger partial charge on any atom is -0.507 e. The number of ether oxygens (including phenoxy) is 1. The molecule has 3 aromatic carbocycles. The van der Waals surface area contributed by atoms with Gasteiger partial charge in [-0.2, -0.15) is 0 Å². The second kappa shape index (κ2) is 7.31. The molecule has 0 aliphatic carbocycles. The van der Waals surface area contributed by atoms with E-state index in [1.165, 1.54) is 12.3 Å². The number of pyridine rings is 1. The molecule has 0 bridgehead atoms. The van der Waals surface area contributed by atoms with Crippen LogP contribution in [0.25, 0.3) is 33.0 Å². The minimum absolute atomic E-state index is 0.0699. The van der Waals surface area contributed by atoms with Gasteiger partial charge in [-0.3, -0.25) is 14.6 Å². The molecule has 1 aliphatic rings. The van der Waals surface area contributed by atoms with Crippen LogP contribution in [-0.4, -0.2) is 16.1 Å². The van der Waals surface area contributed by atoms with Crippen molar-refractivity contribution < 1.29 is 19.1 Å². The van der Waals surface area contributed by atoms with Crippen LogP contribution < -0.4 is 10.2 Å². The molecule has 1 N–H and O–H groups in total. The highest BCUT2D eigenvalue weighted by molar-refractivity contribution is 5.94. The summed E-state index contributed by atoms with van der Waals surface area (Å²) in [6.07, 6.45) is 3.21. The fourth-order valence-corrected chi connectivity index (χ4v) is 4.54. The molecule has 1 atom stereocenters. The van der Waals surface area contributed by atoms with E-state index in [4.69, 9.17) is 9.15 Å². The topological polar surface area (TPSA) is 89.6 Å². The number of aromatic nitrogens is 1. The first-order valence-electron chi connectivity index (χ1n) is 10.5. The standard InChI is InChI=1S/C27H17NO5/c29-21-13-22-24(27-25(21)26(31)19(14-32-27)15-5-2-1-3-6-15)18(12-23(30)33-22)16-8-9-20-17(11-16)7-4-10-28-20/h1-11,13-14,18,29H,12H2. The lowest BCUT2D eigenvalue weighted by molar-refractivity contribution is -0.135. The number of carbonyl (C=O) groups excluding carboxylic acids is 1. The first kappa shape index (κ1) is 19.3. The van der Waals surface area contributed by atoms with Crippen LogP contribution >= 0.6 is 0 Å². The zero-order valence-corrected chi connectivity index (χ0v) is 17.3. The molecule has 6 rings (SSSR count). The Morgan fingerprint density at radius 1 is 0.970 bits per heavy atom. The van der Waals surface area contributed by atoms with E-state index in [0.717, 1.165) is 16.5 Å². The van der Waals surface area contributed by atoms with Gasteiger partial charge >= 0.3 is 5.97 Å². The highest BCUT2D eigenvalue weighted by Gasteiger charge is 2.33. The smallest absolute Gasteiger partial charge is 0.312 e. The Morgan fingerprint density at radius 3 is 2.67 bits per heavy atom. The van der Waals surface area contributed by atoms with Crippen LogP contribution in [-0.2, 0) is 4.79 Å². The average Bonchev–Trinajstić information content (AvgIpc) is 2.83. The molecule has 0 radical (unpaired) electrons. The van der Waals surface area contributed by atoms with Crippen molar-refractivity contribution in [3.63, 3.8) is 0 Å². The Hall–Kier alpha value is -4.45. The van der Waals surface area contributed by atoms with Gasteiger partial charge in [0.1, 0.15) is 28.7 Å². The SMILES string of the molecule is O=C1CC(c2ccc3ncccc3c2)c2c(cc(O)c3c(=O)c(-c4ccccc4)coc23)O1. The largest absolute Gasteiger partial charge is 0.507 e. The molecular formula is C27H17NO5. The number of hydrogen-bond donors (Lipinski definition) is 1. The van der Waals surface area contributed by atoms with Crippen molar-refractivity contribution in [2.75, 3.05) is 0 Å². The maximum absolute atomic E-state index is 13.4. The molecule has 3 heterocycles. The zero-order valence-electron chi connectivity index (χ0n) is 17.3. The molecule has 5 aromatic rings. The van der Waals surface area contributed by atoms with E-state index >= 15 is 0 Å². The highest BCUT2D eigenvalue weighted by atomic mass is 16.5. The van der Waals surface area contributed by atoms with Crippen LogP contribution in [0.5, 0.6) is 11.5 Å². The molecule has 33 heavy (non-hydrogen) atoms. The quantitative estimate of drug-likeness (QED) is 0.305. The minimum atomic E-state index is -0.416. The van der Waals surface area contributed by atoms with E-state index in [1.54, 1.807) is 18.3 Å². The van der Waals surface area contributed by atoms with Gasteiger partial charge in [0, 0.05) is 29.1 Å². The number of benzene rings is 3. The molecule has 2 aromatic heterocycles. The van der Waals surface area contributed by atoms with Gasteiger partial charge in [0.2, 0.25) is 5.43 Å². The fraction of sp³-hybridized carbons (Fsp3) is 0.0741. The van der Waals surface area contributed by atoms with E-state index in [-0.39, 0.29) is 34.3 Å². The molecular weight excluding hydrogens is 418 g/mol. The third kappa shape index (κ3) is 3.07. The Kier molecular flexibility index (Phi) is 4.26. The Labute approximate surface area is 187 Å². The summed E-state index contributed by atoms with van der Waals surface area (Å²) < 4.78 is 11.4. The van der Waals surface area contributed by atoms with Gasteiger partial charge in [-0.15, -0.1) is 0 Å². The summed E-state index contributed by atoms with van der Waals surface area (Å²) in [5.41, 5.74) is 3.20. The van der Waals surface area contributed by atoms with Crippen LogP contribution in [0.15, 0.2) is 88.4 Å². The summed E-state index contributed by atoms with van der Waals surface area (Å²) >= 11 is 0. The van der Waals surface area contributed by atoms with E-state index in [2.05, 4.69) is 4.98 Å². The van der Waals surface area contributed by atoms with Crippen molar-refractivity contribution in [1.29, 1.82) is 0 Å². The van der Waals surface area contributed by atoms with Gasteiger partial charge in [0.25, 0.3) is 0 Å². The summed E-state index contributed by atoms with van der Waals surface area (Å²) in [4.78, 5) is 30.2. The van der Waals surface area contributed by atoms with Crippen LogP contribution in [0.4, 0.5) is 0 Å². The number of hydrogen-bond acceptors (Lipinski definition) is 6. The zero-order chi connectivity index (χ0) is 22.5. The van der Waals surface area contributed by atoms with Gasteiger partial charge < -0.3 is 14.3 Å². The Bertz CT molecular complexity index is 1620. The van der Waals surface area contributed by atoms with Crippen molar-refractivity contribution in [2.24, 2.45) is 0 Å². The molecule has 6 heteroatoms. The number of phenolic OH excluding ortho intramolecular Hbond substituents is 1. The van der Waals surface area contributed by atoms with Gasteiger partial charge in [-0.25, -0.2) is 0 Å². The third-order valence-electron chi connectivity index (χ3n) is 6.08. The predicted octanol–water partition coefficient (Wildman–Crippen LogP) is 5.15. The number of phenols is 1. The molecule has 1 aliphatic heterocycles. The monoisotopic (exact) mass is 435 g/mol. The van der Waals surface area contributed by atoms with Crippen molar-refractivity contribution in [1.82, 2.24) is 4.98 Å². The van der Waals surface area contributed by atoms with E-state index < -0.39 is 11.9 Å². The third-order valence-corrected chi connectivity index (χ3v) is 6.08. The van der Waals surface area contributed by atoms with Crippen LogP contribution in [0, 0.1) is 0 Å². The molecule has 6 nitrogen and oxygen atoms in total. The molecule has 160 valence electrons. The molecule has 0 fully saturated rings. The second-order valence-corrected chi connectivity index (χ2v) is 8.04. The lowest BCUT2D eigenvalue weighted by Crippen LogP contribution is -2.22. The van der Waals surface area contributed by atoms with Gasteiger partial charge in [-0.05, 0) is 29.3 Å². The normalized spacial score (nSPS) is 15.4. The Morgan fingerprint density at radius 2 is 1.82 bits per heavy atom. The predicted molar refractivity (Wildman–Crippen MR) is 123 cm³/mol. The molecule has 0 saturated heterocycles. The van der Waals surface area contributed by atoms with Crippen molar-refractivity contribution >= 4 is 27.8 Å². The fourth-order valence-electron chi connectivity index (χ4n) is 4.54.